The van der Waals surface area contributed by atoms with Crippen molar-refractivity contribution in [2.45, 2.75) is 13.3 Å². The van der Waals surface area contributed by atoms with Crippen molar-refractivity contribution in [1.82, 2.24) is 9.88 Å². The fourth-order valence-electron chi connectivity index (χ4n) is 2.23. The van der Waals surface area contributed by atoms with Gasteiger partial charge in [-0.1, -0.05) is 0 Å². The van der Waals surface area contributed by atoms with E-state index in [0.717, 1.165) is 45.8 Å². The van der Waals surface area contributed by atoms with Gasteiger partial charge in [0, 0.05) is 25.3 Å². The van der Waals surface area contributed by atoms with Gasteiger partial charge in [-0.15, -0.1) is 0 Å². The second-order valence-corrected chi connectivity index (χ2v) is 4.92. The standard InChI is InChI=1S/C14H21N3O3/c1-11-9-12(14(18)19)10-13(16-11)15-3-2-4-17-5-7-20-8-6-17/h9-10H,2-8H2,1H3,(H,15,16)(H,18,19). The smallest absolute Gasteiger partial charge is 0.335 e. The van der Waals surface area contributed by atoms with Gasteiger partial charge in [-0.05, 0) is 32.0 Å². The maximum atomic E-state index is 11.0. The number of rotatable bonds is 6. The average molecular weight is 279 g/mol. The molecule has 6 heteroatoms. The zero-order chi connectivity index (χ0) is 14.4. The number of morpholine rings is 1. The second-order valence-electron chi connectivity index (χ2n) is 4.92. The number of carboxylic acid groups (broad SMARTS) is 1. The number of hydrogen-bond donors (Lipinski definition) is 2. The molecular weight excluding hydrogens is 258 g/mol. The van der Waals surface area contributed by atoms with Crippen LogP contribution in [0.1, 0.15) is 22.5 Å². The fraction of sp³-hybridized carbons (Fsp3) is 0.571. The molecule has 1 aliphatic heterocycles. The number of nitrogens with one attached hydrogen (secondary N) is 1. The molecule has 0 spiro atoms. The summed E-state index contributed by atoms with van der Waals surface area (Å²) in [5.74, 6) is -0.295. The number of pyridine rings is 1. The average Bonchev–Trinajstić information content (AvgIpc) is 2.44. The Labute approximate surface area is 118 Å². The lowest BCUT2D eigenvalue weighted by molar-refractivity contribution is 0.0378. The Balaban J connectivity index is 1.77. The first-order valence-electron chi connectivity index (χ1n) is 6.91. The highest BCUT2D eigenvalue weighted by atomic mass is 16.5. The SMILES string of the molecule is Cc1cc(C(=O)O)cc(NCCCN2CCOCC2)n1. The lowest BCUT2D eigenvalue weighted by Gasteiger charge is -2.26. The van der Waals surface area contributed by atoms with Gasteiger partial charge in [0.25, 0.3) is 0 Å². The molecule has 110 valence electrons. The van der Waals surface area contributed by atoms with E-state index in [4.69, 9.17) is 9.84 Å². The van der Waals surface area contributed by atoms with Crippen LogP contribution in [0.25, 0.3) is 0 Å². The highest BCUT2D eigenvalue weighted by Crippen LogP contribution is 2.10. The van der Waals surface area contributed by atoms with Crippen LogP contribution in [-0.4, -0.2) is 60.4 Å². The van der Waals surface area contributed by atoms with Crippen LogP contribution in [0.5, 0.6) is 0 Å². The molecule has 0 saturated carbocycles. The van der Waals surface area contributed by atoms with E-state index in [1.54, 1.807) is 19.1 Å². The van der Waals surface area contributed by atoms with Crippen LogP contribution in [0.3, 0.4) is 0 Å². The van der Waals surface area contributed by atoms with E-state index in [2.05, 4.69) is 15.2 Å². The Hall–Kier alpha value is -1.66. The van der Waals surface area contributed by atoms with Gasteiger partial charge in [0.1, 0.15) is 5.82 Å². The van der Waals surface area contributed by atoms with Crippen LogP contribution >= 0.6 is 0 Å². The molecule has 2 N–H and O–H groups in total. The van der Waals surface area contributed by atoms with E-state index >= 15 is 0 Å². The third kappa shape index (κ3) is 4.47. The monoisotopic (exact) mass is 279 g/mol. The molecule has 0 unspecified atom stereocenters. The Bertz CT molecular complexity index is 459. The van der Waals surface area contributed by atoms with Crippen molar-refractivity contribution in [2.24, 2.45) is 0 Å². The minimum atomic E-state index is -0.924. The summed E-state index contributed by atoms with van der Waals surface area (Å²) in [6.07, 6.45) is 0.998. The highest BCUT2D eigenvalue weighted by molar-refractivity contribution is 5.88. The zero-order valence-corrected chi connectivity index (χ0v) is 11.8. The number of nitrogens with zero attached hydrogens (tertiary/aromatic N) is 2. The van der Waals surface area contributed by atoms with Gasteiger partial charge >= 0.3 is 5.97 Å². The summed E-state index contributed by atoms with van der Waals surface area (Å²) in [6.45, 7) is 7.22. The topological polar surface area (TPSA) is 74.7 Å². The Morgan fingerprint density at radius 3 is 2.90 bits per heavy atom. The number of aromatic nitrogens is 1. The molecule has 0 amide bonds. The van der Waals surface area contributed by atoms with Crippen molar-refractivity contribution in [3.8, 4) is 0 Å². The van der Waals surface area contributed by atoms with Crippen LogP contribution in [0, 0.1) is 6.92 Å². The molecule has 6 nitrogen and oxygen atoms in total. The predicted molar refractivity (Wildman–Crippen MR) is 76.3 cm³/mol. The van der Waals surface area contributed by atoms with Crippen LogP contribution in [-0.2, 0) is 4.74 Å². The van der Waals surface area contributed by atoms with Crippen LogP contribution in [0.4, 0.5) is 5.82 Å². The number of aryl methyl sites for hydroxylation is 1. The van der Waals surface area contributed by atoms with E-state index in [0.29, 0.717) is 11.5 Å². The van der Waals surface area contributed by atoms with Gasteiger partial charge in [-0.3, -0.25) is 4.90 Å². The Morgan fingerprint density at radius 1 is 1.45 bits per heavy atom. The molecule has 0 bridgehead atoms. The molecule has 0 aromatic carbocycles. The third-order valence-electron chi connectivity index (χ3n) is 3.26. The molecule has 2 rings (SSSR count). The Morgan fingerprint density at radius 2 is 2.20 bits per heavy atom. The summed E-state index contributed by atoms with van der Waals surface area (Å²) < 4.78 is 5.30. The van der Waals surface area contributed by atoms with Crippen LogP contribution in [0.2, 0.25) is 0 Å². The van der Waals surface area contributed by atoms with Crippen LogP contribution < -0.4 is 5.32 Å². The first-order chi connectivity index (χ1) is 9.65. The summed E-state index contributed by atoms with van der Waals surface area (Å²) in [5.41, 5.74) is 0.980. The van der Waals surface area contributed by atoms with Gasteiger partial charge in [0.15, 0.2) is 0 Å². The molecule has 0 atom stereocenters. The molecule has 1 fully saturated rings. The van der Waals surface area contributed by atoms with Gasteiger partial charge < -0.3 is 15.2 Å². The quantitative estimate of drug-likeness (QED) is 0.763. The summed E-state index contributed by atoms with van der Waals surface area (Å²) in [5, 5.41) is 12.2. The first kappa shape index (κ1) is 14.7. The summed E-state index contributed by atoms with van der Waals surface area (Å²) in [6, 6.07) is 3.14. The van der Waals surface area contributed by atoms with Crippen LogP contribution in [0.15, 0.2) is 12.1 Å². The van der Waals surface area contributed by atoms with Crippen molar-refractivity contribution in [1.29, 1.82) is 0 Å². The molecule has 1 aromatic rings. The second kappa shape index (κ2) is 7.21. The zero-order valence-electron chi connectivity index (χ0n) is 11.8. The molecule has 0 radical (unpaired) electrons. The molecule has 2 heterocycles. The lowest BCUT2D eigenvalue weighted by Crippen LogP contribution is -2.37. The number of ether oxygens (including phenoxy) is 1. The predicted octanol–water partition coefficient (Wildman–Crippen LogP) is 1.22. The van der Waals surface area contributed by atoms with Gasteiger partial charge in [-0.2, -0.15) is 0 Å². The summed E-state index contributed by atoms with van der Waals surface area (Å²) in [4.78, 5) is 17.6. The fourth-order valence-corrected chi connectivity index (χ4v) is 2.23. The van der Waals surface area contributed by atoms with E-state index < -0.39 is 5.97 Å². The molecular formula is C14H21N3O3. The summed E-state index contributed by atoms with van der Waals surface area (Å²) >= 11 is 0. The number of anilines is 1. The van der Waals surface area contributed by atoms with Crippen molar-refractivity contribution in [2.75, 3.05) is 44.7 Å². The third-order valence-corrected chi connectivity index (χ3v) is 3.26. The van der Waals surface area contributed by atoms with Gasteiger partial charge in [-0.25, -0.2) is 9.78 Å². The van der Waals surface area contributed by atoms with E-state index in [1.165, 1.54) is 0 Å². The maximum Gasteiger partial charge on any atom is 0.335 e. The minimum absolute atomic E-state index is 0.271. The summed E-state index contributed by atoms with van der Waals surface area (Å²) in [7, 11) is 0. The highest BCUT2D eigenvalue weighted by Gasteiger charge is 2.09. The largest absolute Gasteiger partial charge is 0.478 e. The number of carbonyl (C=O) groups is 1. The van der Waals surface area contributed by atoms with Crippen molar-refractivity contribution < 1.29 is 14.6 Å². The molecule has 1 aliphatic rings. The van der Waals surface area contributed by atoms with Crippen molar-refractivity contribution in [3.05, 3.63) is 23.4 Å². The molecule has 20 heavy (non-hydrogen) atoms. The normalized spacial score (nSPS) is 16.1. The number of hydrogen-bond acceptors (Lipinski definition) is 5. The number of carboxylic acids is 1. The van der Waals surface area contributed by atoms with Crippen molar-refractivity contribution in [3.63, 3.8) is 0 Å². The molecule has 1 saturated heterocycles. The van der Waals surface area contributed by atoms with Gasteiger partial charge in [0.05, 0.1) is 18.8 Å². The van der Waals surface area contributed by atoms with E-state index in [9.17, 15) is 4.79 Å². The van der Waals surface area contributed by atoms with E-state index in [1.807, 2.05) is 0 Å². The van der Waals surface area contributed by atoms with Gasteiger partial charge in [0.2, 0.25) is 0 Å². The minimum Gasteiger partial charge on any atom is -0.478 e. The lowest BCUT2D eigenvalue weighted by atomic mass is 10.2. The van der Waals surface area contributed by atoms with Crippen molar-refractivity contribution >= 4 is 11.8 Å². The van der Waals surface area contributed by atoms with E-state index in [-0.39, 0.29) is 5.56 Å². The molecule has 1 aromatic heterocycles. The number of aromatic carboxylic acids is 1. The Kier molecular flexibility index (Phi) is 5.31. The first-order valence-corrected chi connectivity index (χ1v) is 6.91. The molecule has 0 aliphatic carbocycles. The maximum absolute atomic E-state index is 11.0.